The third-order valence-corrected chi connectivity index (χ3v) is 3.59. The van der Waals surface area contributed by atoms with Gasteiger partial charge in [0.2, 0.25) is 11.7 Å². The molecule has 1 fully saturated rings. The number of hydrogen-bond acceptors (Lipinski definition) is 5. The van der Waals surface area contributed by atoms with Crippen molar-refractivity contribution in [3.8, 4) is 0 Å². The van der Waals surface area contributed by atoms with E-state index in [0.717, 1.165) is 25.9 Å². The standard InChI is InChI=1S/C12H19N5O3.ClH/c1-9-14-11(17(19)20)7-15(9)8-12(18)16-5-3-4-10(16)6-13-2;/h7,10,13H,3-6,8H2,1-2H3;1H. The Hall–Kier alpha value is -1.67. The molecular weight excluding hydrogens is 298 g/mol. The Morgan fingerprint density at radius 3 is 2.90 bits per heavy atom. The quantitative estimate of drug-likeness (QED) is 0.638. The van der Waals surface area contributed by atoms with Crippen molar-refractivity contribution in [2.24, 2.45) is 0 Å². The van der Waals surface area contributed by atoms with Gasteiger partial charge in [0.15, 0.2) is 0 Å². The first kappa shape index (κ1) is 17.4. The van der Waals surface area contributed by atoms with Crippen LogP contribution in [0.4, 0.5) is 5.82 Å². The Morgan fingerprint density at radius 2 is 2.33 bits per heavy atom. The number of nitro groups is 1. The fourth-order valence-electron chi connectivity index (χ4n) is 2.59. The fraction of sp³-hybridized carbons (Fsp3) is 0.667. The number of hydrogen-bond donors (Lipinski definition) is 1. The zero-order chi connectivity index (χ0) is 14.7. The summed E-state index contributed by atoms with van der Waals surface area (Å²) in [6.07, 6.45) is 3.31. The molecule has 0 saturated carbocycles. The number of likely N-dealkylation sites (N-methyl/N-ethyl adjacent to an activating group) is 1. The third kappa shape index (κ3) is 3.92. The Balaban J connectivity index is 0.00000220. The molecule has 1 aliphatic rings. The van der Waals surface area contributed by atoms with Crippen molar-refractivity contribution in [1.82, 2.24) is 19.8 Å². The minimum absolute atomic E-state index is 0. The van der Waals surface area contributed by atoms with E-state index in [4.69, 9.17) is 0 Å². The van der Waals surface area contributed by atoms with E-state index in [1.807, 2.05) is 11.9 Å². The molecule has 1 atom stereocenters. The summed E-state index contributed by atoms with van der Waals surface area (Å²) in [5.74, 6) is 0.246. The summed E-state index contributed by atoms with van der Waals surface area (Å²) in [4.78, 5) is 28.1. The summed E-state index contributed by atoms with van der Waals surface area (Å²) in [5.41, 5.74) is 0. The highest BCUT2D eigenvalue weighted by Crippen LogP contribution is 2.18. The molecule has 2 heterocycles. The molecule has 0 bridgehead atoms. The molecule has 21 heavy (non-hydrogen) atoms. The summed E-state index contributed by atoms with van der Waals surface area (Å²) in [6, 6.07) is 0.214. The van der Waals surface area contributed by atoms with Gasteiger partial charge in [0.05, 0.1) is 0 Å². The van der Waals surface area contributed by atoms with Crippen molar-refractivity contribution in [2.75, 3.05) is 20.1 Å². The normalized spacial score (nSPS) is 17.6. The molecule has 1 aliphatic heterocycles. The highest BCUT2D eigenvalue weighted by atomic mass is 35.5. The minimum atomic E-state index is -0.548. The lowest BCUT2D eigenvalue weighted by molar-refractivity contribution is -0.389. The van der Waals surface area contributed by atoms with E-state index in [9.17, 15) is 14.9 Å². The molecule has 1 saturated heterocycles. The van der Waals surface area contributed by atoms with E-state index in [1.165, 1.54) is 10.8 Å². The summed E-state index contributed by atoms with van der Waals surface area (Å²) in [7, 11) is 1.87. The molecule has 9 heteroatoms. The molecule has 118 valence electrons. The van der Waals surface area contributed by atoms with E-state index in [-0.39, 0.29) is 36.7 Å². The highest BCUT2D eigenvalue weighted by Gasteiger charge is 2.29. The molecule has 0 aromatic carbocycles. The molecule has 1 aromatic rings. The molecule has 0 aliphatic carbocycles. The summed E-state index contributed by atoms with van der Waals surface area (Å²) in [6.45, 7) is 3.29. The summed E-state index contributed by atoms with van der Waals surface area (Å²) >= 11 is 0. The van der Waals surface area contributed by atoms with Crippen LogP contribution in [0.2, 0.25) is 0 Å². The number of amides is 1. The van der Waals surface area contributed by atoms with Crippen LogP contribution in [0.3, 0.4) is 0 Å². The maximum Gasteiger partial charge on any atom is 0.381 e. The molecule has 1 unspecified atom stereocenters. The van der Waals surface area contributed by atoms with Crippen molar-refractivity contribution < 1.29 is 9.72 Å². The monoisotopic (exact) mass is 317 g/mol. The Morgan fingerprint density at radius 1 is 1.62 bits per heavy atom. The maximum absolute atomic E-state index is 12.3. The Kier molecular flexibility index (Phi) is 6.10. The lowest BCUT2D eigenvalue weighted by Crippen LogP contribution is -2.42. The molecular formula is C12H20ClN5O3. The zero-order valence-corrected chi connectivity index (χ0v) is 12.9. The Bertz CT molecular complexity index is 519. The van der Waals surface area contributed by atoms with E-state index < -0.39 is 4.92 Å². The molecule has 8 nitrogen and oxygen atoms in total. The Labute approximate surface area is 129 Å². The largest absolute Gasteiger partial charge is 0.381 e. The number of likely N-dealkylation sites (tertiary alicyclic amines) is 1. The van der Waals surface area contributed by atoms with Crippen LogP contribution in [0.25, 0.3) is 0 Å². The van der Waals surface area contributed by atoms with Gasteiger partial charge in [0.25, 0.3) is 0 Å². The van der Waals surface area contributed by atoms with Gasteiger partial charge in [-0.1, -0.05) is 0 Å². The lowest BCUT2D eigenvalue weighted by atomic mass is 10.2. The van der Waals surface area contributed by atoms with Gasteiger partial charge in [-0.25, -0.2) is 0 Å². The SMILES string of the molecule is CNCC1CCCN1C(=O)Cn1cc([N+](=O)[O-])nc1C.Cl. The van der Waals surface area contributed by atoms with Crippen molar-refractivity contribution in [3.63, 3.8) is 0 Å². The van der Waals surface area contributed by atoms with Crippen LogP contribution in [-0.4, -0.2) is 51.5 Å². The smallest absolute Gasteiger partial charge is 0.358 e. The second-order valence-corrected chi connectivity index (χ2v) is 4.97. The van der Waals surface area contributed by atoms with Crippen molar-refractivity contribution >= 4 is 24.1 Å². The lowest BCUT2D eigenvalue weighted by Gasteiger charge is -2.24. The molecule has 1 amide bonds. The predicted octanol–water partition coefficient (Wildman–Crippen LogP) is 0.732. The topological polar surface area (TPSA) is 93.3 Å². The van der Waals surface area contributed by atoms with Gasteiger partial charge in [-0.05, 0) is 29.8 Å². The van der Waals surface area contributed by atoms with Gasteiger partial charge < -0.3 is 20.3 Å². The number of imidazole rings is 1. The van der Waals surface area contributed by atoms with Crippen LogP contribution in [0.15, 0.2) is 6.20 Å². The van der Waals surface area contributed by atoms with Crippen molar-refractivity contribution in [1.29, 1.82) is 0 Å². The molecule has 1 N–H and O–H groups in total. The van der Waals surface area contributed by atoms with Crippen LogP contribution in [0, 0.1) is 17.0 Å². The van der Waals surface area contributed by atoms with Crippen LogP contribution in [-0.2, 0) is 11.3 Å². The molecule has 0 spiro atoms. The van der Waals surface area contributed by atoms with Crippen LogP contribution < -0.4 is 5.32 Å². The first-order valence-corrected chi connectivity index (χ1v) is 6.65. The predicted molar refractivity (Wildman–Crippen MR) is 79.5 cm³/mol. The van der Waals surface area contributed by atoms with E-state index in [2.05, 4.69) is 10.3 Å². The average Bonchev–Trinajstić information content (AvgIpc) is 2.98. The number of nitrogens with zero attached hydrogens (tertiary/aromatic N) is 4. The second-order valence-electron chi connectivity index (χ2n) is 4.97. The van der Waals surface area contributed by atoms with Gasteiger partial charge in [-0.3, -0.25) is 9.36 Å². The fourth-order valence-corrected chi connectivity index (χ4v) is 2.59. The number of aromatic nitrogens is 2. The number of halogens is 1. The van der Waals surface area contributed by atoms with Crippen molar-refractivity contribution in [2.45, 2.75) is 32.4 Å². The minimum Gasteiger partial charge on any atom is -0.358 e. The highest BCUT2D eigenvalue weighted by molar-refractivity contribution is 5.85. The average molecular weight is 318 g/mol. The van der Waals surface area contributed by atoms with E-state index in [0.29, 0.717) is 5.82 Å². The van der Waals surface area contributed by atoms with Gasteiger partial charge in [-0.2, -0.15) is 0 Å². The summed E-state index contributed by atoms with van der Waals surface area (Å²) in [5, 5.41) is 13.8. The number of carbonyl (C=O) groups excluding carboxylic acids is 1. The van der Waals surface area contributed by atoms with Gasteiger partial charge in [-0.15, -0.1) is 12.4 Å². The van der Waals surface area contributed by atoms with Crippen LogP contribution in [0.5, 0.6) is 0 Å². The first-order valence-electron chi connectivity index (χ1n) is 6.65. The molecule has 0 radical (unpaired) electrons. The number of nitrogens with one attached hydrogen (secondary N) is 1. The van der Waals surface area contributed by atoms with Crippen LogP contribution in [0.1, 0.15) is 18.7 Å². The first-order chi connectivity index (χ1) is 9.52. The number of aryl methyl sites for hydroxylation is 1. The van der Waals surface area contributed by atoms with Crippen LogP contribution >= 0.6 is 12.4 Å². The van der Waals surface area contributed by atoms with E-state index in [1.54, 1.807) is 6.92 Å². The van der Waals surface area contributed by atoms with Gasteiger partial charge >= 0.3 is 5.82 Å². The second kappa shape index (κ2) is 7.37. The van der Waals surface area contributed by atoms with Gasteiger partial charge in [0, 0.05) is 26.1 Å². The number of rotatable bonds is 5. The van der Waals surface area contributed by atoms with E-state index >= 15 is 0 Å². The zero-order valence-electron chi connectivity index (χ0n) is 12.1. The van der Waals surface area contributed by atoms with Crippen molar-refractivity contribution in [3.05, 3.63) is 22.1 Å². The number of carbonyl (C=O) groups is 1. The molecule has 1 aromatic heterocycles. The maximum atomic E-state index is 12.3. The summed E-state index contributed by atoms with van der Waals surface area (Å²) < 4.78 is 1.54. The molecule has 2 rings (SSSR count). The van der Waals surface area contributed by atoms with Gasteiger partial charge in [0.1, 0.15) is 12.7 Å². The third-order valence-electron chi connectivity index (χ3n) is 3.59.